The Morgan fingerprint density at radius 3 is 2.67 bits per heavy atom. The van der Waals surface area contributed by atoms with Crippen LogP contribution in [0.5, 0.6) is 5.75 Å². The van der Waals surface area contributed by atoms with Crippen LogP contribution in [0.3, 0.4) is 0 Å². The van der Waals surface area contributed by atoms with Gasteiger partial charge in [0.25, 0.3) is 5.91 Å². The average Bonchev–Trinajstić information content (AvgIpc) is 3.05. The Labute approximate surface area is 139 Å². The summed E-state index contributed by atoms with van der Waals surface area (Å²) in [5, 5.41) is 10.4. The van der Waals surface area contributed by atoms with Crippen LogP contribution in [0.1, 0.15) is 21.5 Å². The van der Waals surface area contributed by atoms with Crippen LogP contribution < -0.4 is 10.1 Å². The molecule has 0 aliphatic heterocycles. The molecule has 0 aliphatic carbocycles. The molecular weight excluding hydrogens is 306 g/mol. The molecule has 122 valence electrons. The minimum Gasteiger partial charge on any atom is -0.497 e. The van der Waals surface area contributed by atoms with Gasteiger partial charge in [-0.05, 0) is 59.6 Å². The van der Waals surface area contributed by atoms with E-state index in [2.05, 4.69) is 15.6 Å². The molecule has 0 saturated heterocycles. The van der Waals surface area contributed by atoms with Gasteiger partial charge < -0.3 is 10.1 Å². The molecule has 1 N–H and O–H groups in total. The molecule has 0 spiro atoms. The second kappa shape index (κ2) is 6.54. The number of methoxy groups -OCH3 is 1. The Balaban J connectivity index is 1.87. The predicted molar refractivity (Wildman–Crippen MR) is 90.2 cm³/mol. The number of rotatable bonds is 4. The van der Waals surface area contributed by atoms with Gasteiger partial charge in [0.1, 0.15) is 5.75 Å². The van der Waals surface area contributed by atoms with Crippen molar-refractivity contribution in [2.45, 2.75) is 13.8 Å². The van der Waals surface area contributed by atoms with Gasteiger partial charge in [0.15, 0.2) is 5.69 Å². The topological polar surface area (TPSA) is 77.2 Å². The molecule has 1 amide bonds. The predicted octanol–water partition coefficient (Wildman–Crippen LogP) is 3.61. The summed E-state index contributed by atoms with van der Waals surface area (Å²) in [6.07, 6.45) is 0. The molecule has 1 heterocycles. The number of hydrogen-bond acceptors (Lipinski definition) is 5. The highest BCUT2D eigenvalue weighted by Crippen LogP contribution is 2.26. The fourth-order valence-electron chi connectivity index (χ4n) is 2.29. The third-order valence-corrected chi connectivity index (χ3v) is 3.83. The largest absolute Gasteiger partial charge is 0.497 e. The van der Waals surface area contributed by atoms with Crippen LogP contribution in [0.2, 0.25) is 0 Å². The van der Waals surface area contributed by atoms with Gasteiger partial charge in [-0.15, -0.1) is 0 Å². The molecule has 0 aliphatic rings. The summed E-state index contributed by atoms with van der Waals surface area (Å²) in [6, 6.07) is 12.8. The normalized spacial score (nSPS) is 10.5. The van der Waals surface area contributed by atoms with Gasteiger partial charge in [0.2, 0.25) is 5.82 Å². The zero-order valence-electron chi connectivity index (χ0n) is 13.7. The quantitative estimate of drug-likeness (QED) is 0.793. The lowest BCUT2D eigenvalue weighted by Gasteiger charge is -2.06. The van der Waals surface area contributed by atoms with Gasteiger partial charge in [-0.3, -0.25) is 4.79 Å². The number of aromatic nitrogens is 2. The second-order valence-electron chi connectivity index (χ2n) is 5.45. The number of carbonyl (C=O) groups is 1. The van der Waals surface area contributed by atoms with Gasteiger partial charge >= 0.3 is 0 Å². The van der Waals surface area contributed by atoms with E-state index in [4.69, 9.17) is 9.37 Å². The summed E-state index contributed by atoms with van der Waals surface area (Å²) in [4.78, 5) is 12.4. The van der Waals surface area contributed by atoms with Crippen molar-refractivity contribution in [1.29, 1.82) is 0 Å². The second-order valence-corrected chi connectivity index (χ2v) is 5.45. The highest BCUT2D eigenvalue weighted by molar-refractivity contribution is 6.05. The number of benzene rings is 2. The first kappa shape index (κ1) is 15.7. The van der Waals surface area contributed by atoms with Gasteiger partial charge in [-0.1, -0.05) is 18.2 Å². The molecule has 3 rings (SSSR count). The van der Waals surface area contributed by atoms with Crippen molar-refractivity contribution >= 4 is 11.7 Å². The van der Waals surface area contributed by atoms with Crippen LogP contribution in [0.25, 0.3) is 11.3 Å². The number of aryl methyl sites for hydroxylation is 2. The number of amides is 1. The van der Waals surface area contributed by atoms with E-state index in [0.717, 1.165) is 11.1 Å². The summed E-state index contributed by atoms with van der Waals surface area (Å²) in [6.45, 7) is 4.05. The fraction of sp³-hybridized carbons (Fsp3) is 0.167. The molecular formula is C18H17N3O3. The number of hydrogen-bond donors (Lipinski definition) is 1. The fourth-order valence-corrected chi connectivity index (χ4v) is 2.29. The van der Waals surface area contributed by atoms with Gasteiger partial charge in [0, 0.05) is 11.1 Å². The van der Waals surface area contributed by atoms with Crippen molar-refractivity contribution in [3.05, 3.63) is 59.2 Å². The summed E-state index contributed by atoms with van der Waals surface area (Å²) >= 11 is 0. The third kappa shape index (κ3) is 3.12. The molecule has 0 fully saturated rings. The summed E-state index contributed by atoms with van der Waals surface area (Å²) in [5.41, 5.74) is 4.09. The highest BCUT2D eigenvalue weighted by atomic mass is 16.6. The van der Waals surface area contributed by atoms with E-state index in [1.807, 2.05) is 32.0 Å². The van der Waals surface area contributed by atoms with Crippen LogP contribution >= 0.6 is 0 Å². The lowest BCUT2D eigenvalue weighted by atomic mass is 10.0. The molecule has 1 aromatic heterocycles. The maximum atomic E-state index is 12.4. The van der Waals surface area contributed by atoms with E-state index in [1.165, 1.54) is 5.56 Å². The molecule has 0 unspecified atom stereocenters. The molecule has 0 atom stereocenters. The zero-order valence-corrected chi connectivity index (χ0v) is 13.7. The number of carbonyl (C=O) groups excluding carboxylic acids is 1. The molecule has 2 aromatic carbocycles. The lowest BCUT2D eigenvalue weighted by molar-refractivity contribution is 0.102. The molecule has 6 nitrogen and oxygen atoms in total. The van der Waals surface area contributed by atoms with E-state index in [9.17, 15) is 4.79 Å². The van der Waals surface area contributed by atoms with Crippen LogP contribution in [0.4, 0.5) is 5.82 Å². The van der Waals surface area contributed by atoms with E-state index >= 15 is 0 Å². The molecule has 24 heavy (non-hydrogen) atoms. The van der Waals surface area contributed by atoms with E-state index in [0.29, 0.717) is 17.0 Å². The lowest BCUT2D eigenvalue weighted by Crippen LogP contribution is -2.13. The van der Waals surface area contributed by atoms with Crippen molar-refractivity contribution in [2.75, 3.05) is 12.4 Å². The van der Waals surface area contributed by atoms with Crippen molar-refractivity contribution in [2.24, 2.45) is 0 Å². The maximum Gasteiger partial charge on any atom is 0.257 e. The first-order valence-corrected chi connectivity index (χ1v) is 7.44. The SMILES string of the molecule is COc1cccc(C(=O)Nc2nonc2-c2ccc(C)c(C)c2)c1. The highest BCUT2D eigenvalue weighted by Gasteiger charge is 2.16. The Morgan fingerprint density at radius 1 is 1.08 bits per heavy atom. The summed E-state index contributed by atoms with van der Waals surface area (Å²) in [7, 11) is 1.55. The van der Waals surface area contributed by atoms with Crippen molar-refractivity contribution in [1.82, 2.24) is 10.3 Å². The van der Waals surface area contributed by atoms with Crippen LogP contribution in [-0.4, -0.2) is 23.3 Å². The van der Waals surface area contributed by atoms with Crippen LogP contribution in [-0.2, 0) is 0 Å². The minimum absolute atomic E-state index is 0.283. The molecule has 0 saturated carbocycles. The minimum atomic E-state index is -0.310. The van der Waals surface area contributed by atoms with Crippen molar-refractivity contribution in [3.8, 4) is 17.0 Å². The Hall–Kier alpha value is -3.15. The Morgan fingerprint density at radius 2 is 1.92 bits per heavy atom. The average molecular weight is 323 g/mol. The van der Waals surface area contributed by atoms with Crippen LogP contribution in [0, 0.1) is 13.8 Å². The van der Waals surface area contributed by atoms with Crippen LogP contribution in [0.15, 0.2) is 47.1 Å². The first-order valence-electron chi connectivity index (χ1n) is 7.44. The zero-order chi connectivity index (χ0) is 17.1. The standard InChI is InChI=1S/C18H17N3O3/c1-11-7-8-13(9-12(11)2)16-17(21-24-20-16)19-18(22)14-5-4-6-15(10-14)23-3/h4-10H,1-3H3,(H,19,21,22). The Kier molecular flexibility index (Phi) is 4.29. The van der Waals surface area contributed by atoms with Crippen molar-refractivity contribution in [3.63, 3.8) is 0 Å². The smallest absolute Gasteiger partial charge is 0.257 e. The van der Waals surface area contributed by atoms with E-state index in [-0.39, 0.29) is 11.7 Å². The number of ether oxygens (including phenoxy) is 1. The van der Waals surface area contributed by atoms with Gasteiger partial charge in [-0.2, -0.15) is 0 Å². The van der Waals surface area contributed by atoms with Gasteiger partial charge in [-0.25, -0.2) is 4.63 Å². The molecule has 6 heteroatoms. The molecule has 3 aromatic rings. The van der Waals surface area contributed by atoms with Gasteiger partial charge in [0.05, 0.1) is 7.11 Å². The van der Waals surface area contributed by atoms with E-state index in [1.54, 1.807) is 31.4 Å². The third-order valence-electron chi connectivity index (χ3n) is 3.83. The number of nitrogens with one attached hydrogen (secondary N) is 1. The number of anilines is 1. The first-order chi connectivity index (χ1) is 11.6. The molecule has 0 bridgehead atoms. The summed E-state index contributed by atoms with van der Waals surface area (Å²) < 4.78 is 9.94. The Bertz CT molecular complexity index is 887. The maximum absolute atomic E-state index is 12.4. The number of nitrogens with zero attached hydrogens (tertiary/aromatic N) is 2. The van der Waals surface area contributed by atoms with Crippen molar-refractivity contribution < 1.29 is 14.2 Å². The van der Waals surface area contributed by atoms with E-state index < -0.39 is 0 Å². The molecule has 0 radical (unpaired) electrons. The monoisotopic (exact) mass is 323 g/mol. The summed E-state index contributed by atoms with van der Waals surface area (Å²) in [5.74, 6) is 0.580.